The van der Waals surface area contributed by atoms with E-state index in [-0.39, 0.29) is 11.9 Å². The number of esters is 1. The average molecular weight is 567 g/mol. The fourth-order valence-corrected chi connectivity index (χ4v) is 5.54. The summed E-state index contributed by atoms with van der Waals surface area (Å²) in [6.45, 7) is 7.15. The van der Waals surface area contributed by atoms with Crippen molar-refractivity contribution in [2.24, 2.45) is 5.92 Å². The van der Waals surface area contributed by atoms with Crippen LogP contribution in [0, 0.1) is 5.92 Å². The van der Waals surface area contributed by atoms with Crippen LogP contribution in [-0.2, 0) is 22.5 Å². The first kappa shape index (κ1) is 34.9. The Morgan fingerprint density at radius 2 is 1.27 bits per heavy atom. The van der Waals surface area contributed by atoms with E-state index >= 15 is 0 Å². The van der Waals surface area contributed by atoms with Gasteiger partial charge >= 0.3 is 5.97 Å². The molecule has 0 bridgehead atoms. The lowest BCUT2D eigenvalue weighted by Crippen LogP contribution is -2.44. The topological polar surface area (TPSA) is 35.5 Å². The number of carbonyl (C=O) groups is 1. The minimum absolute atomic E-state index is 0.0685. The molecule has 2 aromatic carbocycles. The predicted molar refractivity (Wildman–Crippen MR) is 173 cm³/mol. The maximum Gasteiger partial charge on any atom is 0.314 e. The van der Waals surface area contributed by atoms with Crippen LogP contribution >= 0.6 is 0 Å². The highest BCUT2D eigenvalue weighted by Crippen LogP contribution is 2.18. The first-order valence-corrected chi connectivity index (χ1v) is 16.7. The number of quaternary nitrogens is 1. The Bertz CT molecular complexity index is 910. The Balaban J connectivity index is 1.50. The molecule has 1 atom stereocenters. The van der Waals surface area contributed by atoms with Gasteiger partial charge in [-0.3, -0.25) is 4.79 Å². The summed E-state index contributed by atoms with van der Waals surface area (Å²) in [5, 5.41) is 0. The van der Waals surface area contributed by atoms with E-state index in [1.165, 1.54) is 81.8 Å². The summed E-state index contributed by atoms with van der Waals surface area (Å²) in [4.78, 5) is 12.7. The normalized spacial score (nSPS) is 12.3. The van der Waals surface area contributed by atoms with Crippen molar-refractivity contribution in [1.82, 2.24) is 0 Å². The van der Waals surface area contributed by atoms with Crippen LogP contribution in [0.1, 0.15) is 115 Å². The van der Waals surface area contributed by atoms with Crippen molar-refractivity contribution >= 4 is 5.97 Å². The van der Waals surface area contributed by atoms with Gasteiger partial charge in [0.1, 0.15) is 18.2 Å². The van der Waals surface area contributed by atoms with E-state index in [0.29, 0.717) is 13.2 Å². The predicted octanol–water partition coefficient (Wildman–Crippen LogP) is 9.55. The monoisotopic (exact) mass is 566 g/mol. The number of rotatable bonds is 24. The van der Waals surface area contributed by atoms with Crippen LogP contribution in [-0.4, -0.2) is 44.3 Å². The molecule has 0 radical (unpaired) electrons. The summed E-state index contributed by atoms with van der Waals surface area (Å²) in [6.07, 6.45) is 18.9. The van der Waals surface area contributed by atoms with Gasteiger partial charge in [0.05, 0.1) is 33.9 Å². The first-order valence-electron chi connectivity index (χ1n) is 16.7. The molecule has 0 amide bonds. The Kier molecular flexibility index (Phi) is 18.2. The molecule has 41 heavy (non-hydrogen) atoms. The highest BCUT2D eigenvalue weighted by atomic mass is 16.5. The van der Waals surface area contributed by atoms with Gasteiger partial charge in [-0.1, -0.05) is 121 Å². The zero-order valence-electron chi connectivity index (χ0n) is 26.9. The molecule has 2 aromatic rings. The molecule has 230 valence electrons. The molecule has 0 fully saturated rings. The van der Waals surface area contributed by atoms with Crippen LogP contribution in [0.3, 0.4) is 0 Å². The minimum atomic E-state index is -0.0754. The molecule has 0 aromatic heterocycles. The fourth-order valence-electron chi connectivity index (χ4n) is 5.54. The molecular weight excluding hydrogens is 506 g/mol. The van der Waals surface area contributed by atoms with E-state index in [0.717, 1.165) is 49.0 Å². The van der Waals surface area contributed by atoms with Crippen molar-refractivity contribution in [2.45, 2.75) is 117 Å². The zero-order valence-corrected chi connectivity index (χ0v) is 26.9. The second-order valence-corrected chi connectivity index (χ2v) is 12.5. The summed E-state index contributed by atoms with van der Waals surface area (Å²) in [5.41, 5.74) is 2.69. The number of hydrogen-bond donors (Lipinski definition) is 0. The molecule has 0 spiro atoms. The minimum Gasteiger partial charge on any atom is -0.494 e. The van der Waals surface area contributed by atoms with Crippen LogP contribution < -0.4 is 4.74 Å². The molecule has 4 nitrogen and oxygen atoms in total. The third kappa shape index (κ3) is 16.6. The van der Waals surface area contributed by atoms with Gasteiger partial charge in [-0.25, -0.2) is 0 Å². The maximum atomic E-state index is 12.7. The third-order valence-corrected chi connectivity index (χ3v) is 8.04. The SMILES string of the molecule is CCCCCCCCCCCCCc1ccc(OCCCCOC(=O)C(CC)C[N+](C)(C)Cc2ccccc2)cc1. The lowest BCUT2D eigenvalue weighted by Gasteiger charge is -2.32. The van der Waals surface area contributed by atoms with E-state index in [9.17, 15) is 4.79 Å². The van der Waals surface area contributed by atoms with Gasteiger partial charge in [0.15, 0.2) is 0 Å². The number of nitrogens with zero attached hydrogens (tertiary/aromatic N) is 1. The molecule has 0 aliphatic rings. The van der Waals surface area contributed by atoms with Crippen molar-refractivity contribution in [2.75, 3.05) is 33.9 Å². The third-order valence-electron chi connectivity index (χ3n) is 8.04. The van der Waals surface area contributed by atoms with Crippen LogP contribution in [0.5, 0.6) is 5.75 Å². The van der Waals surface area contributed by atoms with Gasteiger partial charge in [0.2, 0.25) is 0 Å². The fraction of sp³-hybridized carbons (Fsp3) is 0.649. The van der Waals surface area contributed by atoms with Crippen LogP contribution in [0.2, 0.25) is 0 Å². The van der Waals surface area contributed by atoms with Crippen LogP contribution in [0.4, 0.5) is 0 Å². The van der Waals surface area contributed by atoms with Crippen LogP contribution in [0.25, 0.3) is 0 Å². The molecule has 1 unspecified atom stereocenters. The van der Waals surface area contributed by atoms with E-state index in [2.05, 4.69) is 76.5 Å². The number of unbranched alkanes of at least 4 members (excludes halogenated alkanes) is 11. The Labute approximate surface area is 252 Å². The molecule has 0 N–H and O–H groups in total. The summed E-state index contributed by atoms with van der Waals surface area (Å²) < 4.78 is 12.3. The zero-order chi connectivity index (χ0) is 29.6. The smallest absolute Gasteiger partial charge is 0.314 e. The lowest BCUT2D eigenvalue weighted by molar-refractivity contribution is -0.906. The summed E-state index contributed by atoms with van der Waals surface area (Å²) in [5.74, 6) is 0.781. The van der Waals surface area contributed by atoms with Crippen molar-refractivity contribution in [3.63, 3.8) is 0 Å². The lowest BCUT2D eigenvalue weighted by atomic mass is 10.0. The second-order valence-electron chi connectivity index (χ2n) is 12.5. The maximum absolute atomic E-state index is 12.7. The van der Waals surface area contributed by atoms with Gasteiger partial charge in [-0.15, -0.1) is 0 Å². The largest absolute Gasteiger partial charge is 0.494 e. The summed E-state index contributed by atoms with van der Waals surface area (Å²) >= 11 is 0. The average Bonchev–Trinajstić information content (AvgIpc) is 2.97. The molecule has 0 aliphatic heterocycles. The Hall–Kier alpha value is -2.33. The summed E-state index contributed by atoms with van der Waals surface area (Å²) in [6, 6.07) is 19.1. The standard InChI is InChI=1S/C37H60NO3/c1-5-7-8-9-10-11-12-13-14-15-17-22-33-25-27-36(28-26-33)40-29-20-21-30-41-37(39)35(6-2)32-38(3,4)31-34-23-18-16-19-24-34/h16,18-19,23-28,35H,5-15,17,20-22,29-32H2,1-4H3/q+1. The Morgan fingerprint density at radius 3 is 1.88 bits per heavy atom. The highest BCUT2D eigenvalue weighted by Gasteiger charge is 2.27. The Morgan fingerprint density at radius 1 is 0.683 bits per heavy atom. The number of carbonyl (C=O) groups excluding carboxylic acids is 1. The van der Waals surface area contributed by atoms with Gasteiger partial charge < -0.3 is 14.0 Å². The van der Waals surface area contributed by atoms with E-state index in [1.54, 1.807) is 0 Å². The summed E-state index contributed by atoms with van der Waals surface area (Å²) in [7, 11) is 4.37. The second kappa shape index (κ2) is 21.4. The quantitative estimate of drug-likeness (QED) is 0.0721. The van der Waals surface area contributed by atoms with E-state index in [4.69, 9.17) is 9.47 Å². The molecule has 0 aliphatic carbocycles. The van der Waals surface area contributed by atoms with Crippen molar-refractivity contribution < 1.29 is 18.8 Å². The van der Waals surface area contributed by atoms with Gasteiger partial charge in [-0.2, -0.15) is 0 Å². The van der Waals surface area contributed by atoms with Gasteiger partial charge in [-0.05, 0) is 49.8 Å². The van der Waals surface area contributed by atoms with Gasteiger partial charge in [0, 0.05) is 5.56 Å². The molecular formula is C37H60NO3+. The van der Waals surface area contributed by atoms with Gasteiger partial charge in [0.25, 0.3) is 0 Å². The van der Waals surface area contributed by atoms with E-state index < -0.39 is 0 Å². The number of ether oxygens (including phenoxy) is 2. The van der Waals surface area contributed by atoms with Crippen molar-refractivity contribution in [1.29, 1.82) is 0 Å². The molecule has 0 heterocycles. The molecule has 0 saturated carbocycles. The van der Waals surface area contributed by atoms with Crippen molar-refractivity contribution in [3.8, 4) is 5.75 Å². The van der Waals surface area contributed by atoms with E-state index in [1.807, 2.05) is 6.07 Å². The number of benzene rings is 2. The van der Waals surface area contributed by atoms with Crippen molar-refractivity contribution in [3.05, 3.63) is 65.7 Å². The molecule has 0 saturated heterocycles. The first-order chi connectivity index (χ1) is 19.9. The molecule has 4 heteroatoms. The molecule has 2 rings (SSSR count). The highest BCUT2D eigenvalue weighted by molar-refractivity contribution is 5.72. The number of hydrogen-bond acceptors (Lipinski definition) is 3. The number of aryl methyl sites for hydroxylation is 1. The van der Waals surface area contributed by atoms with Crippen LogP contribution in [0.15, 0.2) is 54.6 Å².